The van der Waals surface area contributed by atoms with E-state index in [1.165, 1.54) is 11.1 Å². The molecule has 0 saturated carbocycles. The standard InChI is InChI=1S/C59H55N3O/c1-37-18-20-41(21-19-37)43-28-29-60-52(35-43)46-33-44(40-14-11-10-12-15-40)32-45(34-46)50-16-13-17-53-55(50)61-57(51-31-38(2)30-39(3)56(51)63)62(53)54-36-48(59(7,8)9)26-27-49(54)42-22-24-47(25-23-42)58(4,5)6/h10-36,63H,1-9H3/i1D3. The van der Waals surface area contributed by atoms with Crippen LogP contribution in [0.3, 0.4) is 0 Å². The van der Waals surface area contributed by atoms with Crippen molar-refractivity contribution in [2.75, 3.05) is 0 Å². The number of fused-ring (bicyclic) bond motifs is 1. The number of pyridine rings is 1. The van der Waals surface area contributed by atoms with Crippen LogP contribution in [0.2, 0.25) is 0 Å². The molecule has 9 aromatic rings. The van der Waals surface area contributed by atoms with Crippen molar-refractivity contribution < 1.29 is 9.22 Å². The molecule has 4 heteroatoms. The van der Waals surface area contributed by atoms with Gasteiger partial charge in [-0.05, 0) is 136 Å². The lowest BCUT2D eigenvalue weighted by Crippen LogP contribution is -2.13. The zero-order valence-electron chi connectivity index (χ0n) is 40.4. The first-order valence-electron chi connectivity index (χ1n) is 23.2. The molecule has 2 aromatic heterocycles. The first-order valence-corrected chi connectivity index (χ1v) is 21.7. The SMILES string of the molecule is [2H]C([2H])([2H])c1ccc(-c2ccnc(-c3cc(-c4ccccc4)cc(-c4cccc5c4nc(-c4cc(C)cc(C)c4O)n5-c4cc(C(C)(C)C)ccc4-c4ccc(C(C)(C)C)cc4)c3)c2)cc1. The molecule has 0 fully saturated rings. The summed E-state index contributed by atoms with van der Waals surface area (Å²) in [5, 5.41) is 11.9. The van der Waals surface area contributed by atoms with Crippen LogP contribution in [-0.2, 0) is 10.8 Å². The number of hydrogen-bond donors (Lipinski definition) is 1. The van der Waals surface area contributed by atoms with E-state index < -0.39 is 6.85 Å². The zero-order chi connectivity index (χ0) is 46.7. The second kappa shape index (κ2) is 16.0. The smallest absolute Gasteiger partial charge is 0.149 e. The number of para-hydroxylation sites is 1. The van der Waals surface area contributed by atoms with Gasteiger partial charge in [-0.1, -0.05) is 156 Å². The van der Waals surface area contributed by atoms with Gasteiger partial charge in [0.05, 0.1) is 28.0 Å². The van der Waals surface area contributed by atoms with E-state index in [4.69, 9.17) is 14.1 Å². The monoisotopic (exact) mass is 824 g/mol. The quantitative estimate of drug-likeness (QED) is 0.174. The van der Waals surface area contributed by atoms with E-state index in [1.54, 1.807) is 12.1 Å². The summed E-state index contributed by atoms with van der Waals surface area (Å²) in [4.78, 5) is 10.5. The van der Waals surface area contributed by atoms with Gasteiger partial charge >= 0.3 is 0 Å². The van der Waals surface area contributed by atoms with E-state index in [2.05, 4.69) is 162 Å². The number of aromatic hydroxyl groups is 1. The van der Waals surface area contributed by atoms with Gasteiger partial charge in [-0.3, -0.25) is 9.55 Å². The first kappa shape index (κ1) is 37.7. The van der Waals surface area contributed by atoms with Crippen molar-refractivity contribution in [2.45, 2.75) is 73.1 Å². The lowest BCUT2D eigenvalue weighted by Gasteiger charge is -2.24. The molecule has 63 heavy (non-hydrogen) atoms. The predicted molar refractivity (Wildman–Crippen MR) is 265 cm³/mol. The van der Waals surface area contributed by atoms with Crippen LogP contribution in [-0.4, -0.2) is 19.6 Å². The van der Waals surface area contributed by atoms with Crippen molar-refractivity contribution in [3.05, 3.63) is 192 Å². The highest BCUT2D eigenvalue weighted by Crippen LogP contribution is 2.43. The Morgan fingerprint density at radius 1 is 0.508 bits per heavy atom. The van der Waals surface area contributed by atoms with Crippen molar-refractivity contribution in [3.63, 3.8) is 0 Å². The molecule has 0 atom stereocenters. The summed E-state index contributed by atoms with van der Waals surface area (Å²) >= 11 is 0. The van der Waals surface area contributed by atoms with Gasteiger partial charge in [0.1, 0.15) is 11.6 Å². The minimum atomic E-state index is -2.17. The molecule has 4 nitrogen and oxygen atoms in total. The maximum Gasteiger partial charge on any atom is 0.149 e. The van der Waals surface area contributed by atoms with E-state index in [-0.39, 0.29) is 16.6 Å². The molecule has 0 radical (unpaired) electrons. The molecule has 0 spiro atoms. The molecule has 7 aromatic carbocycles. The van der Waals surface area contributed by atoms with Gasteiger partial charge in [0.15, 0.2) is 0 Å². The molecule has 2 heterocycles. The molecule has 0 aliphatic heterocycles. The Morgan fingerprint density at radius 2 is 1.17 bits per heavy atom. The normalized spacial score (nSPS) is 12.9. The predicted octanol–water partition coefficient (Wildman–Crippen LogP) is 15.6. The van der Waals surface area contributed by atoms with Crippen LogP contribution in [0.5, 0.6) is 5.75 Å². The molecular weight excluding hydrogens is 767 g/mol. The summed E-state index contributed by atoms with van der Waals surface area (Å²) in [7, 11) is 0. The Balaban J connectivity index is 1.30. The summed E-state index contributed by atoms with van der Waals surface area (Å²) in [6, 6.07) is 54.1. The molecule has 0 unspecified atom stereocenters. The Kier molecular flexibility index (Phi) is 9.58. The number of phenolic OH excluding ortho intramolecular Hbond substituents is 1. The van der Waals surface area contributed by atoms with E-state index in [1.807, 2.05) is 49.5 Å². The van der Waals surface area contributed by atoms with Gasteiger partial charge in [-0.15, -0.1) is 0 Å². The molecule has 9 rings (SSSR count). The van der Waals surface area contributed by atoms with Gasteiger partial charge in [0, 0.05) is 27.0 Å². The van der Waals surface area contributed by atoms with Crippen molar-refractivity contribution in [2.24, 2.45) is 0 Å². The maximum atomic E-state index is 11.9. The summed E-state index contributed by atoms with van der Waals surface area (Å²) < 4.78 is 25.8. The number of hydrogen-bond acceptors (Lipinski definition) is 3. The largest absolute Gasteiger partial charge is 0.507 e. The molecule has 0 amide bonds. The number of aryl methyl sites for hydroxylation is 3. The number of nitrogens with zero attached hydrogens (tertiary/aromatic N) is 3. The van der Waals surface area contributed by atoms with E-state index in [0.717, 1.165) is 83.6 Å². The molecule has 1 N–H and O–H groups in total. The van der Waals surface area contributed by atoms with Crippen LogP contribution >= 0.6 is 0 Å². The van der Waals surface area contributed by atoms with Crippen LogP contribution in [0.4, 0.5) is 0 Å². The Labute approximate surface area is 376 Å². The topological polar surface area (TPSA) is 50.9 Å². The van der Waals surface area contributed by atoms with Crippen LogP contribution < -0.4 is 0 Å². The third kappa shape index (κ3) is 8.10. The van der Waals surface area contributed by atoms with Gasteiger partial charge < -0.3 is 5.11 Å². The Bertz CT molecular complexity index is 3260. The molecule has 0 bridgehead atoms. The molecule has 0 saturated heterocycles. The fraction of sp³-hybridized carbons (Fsp3) is 0.186. The van der Waals surface area contributed by atoms with Gasteiger partial charge in [-0.25, -0.2) is 4.98 Å². The Hall–Kier alpha value is -7.04. The number of aromatic nitrogens is 3. The molecular formula is C59H55N3O. The van der Waals surface area contributed by atoms with Crippen LogP contribution in [0.15, 0.2) is 164 Å². The second-order valence-electron chi connectivity index (χ2n) is 18.9. The fourth-order valence-corrected chi connectivity index (χ4v) is 8.62. The summed E-state index contributed by atoms with van der Waals surface area (Å²) in [5.74, 6) is 0.854. The maximum absolute atomic E-state index is 11.9. The van der Waals surface area contributed by atoms with Crippen LogP contribution in [0, 0.1) is 20.7 Å². The fourth-order valence-electron chi connectivity index (χ4n) is 8.62. The van der Waals surface area contributed by atoms with Crippen molar-refractivity contribution in [1.29, 1.82) is 0 Å². The lowest BCUT2D eigenvalue weighted by molar-refractivity contribution is 0.472. The van der Waals surface area contributed by atoms with Gasteiger partial charge in [0.25, 0.3) is 0 Å². The third-order valence-electron chi connectivity index (χ3n) is 12.2. The van der Waals surface area contributed by atoms with Crippen molar-refractivity contribution >= 4 is 11.0 Å². The number of rotatable bonds is 7. The number of benzene rings is 7. The van der Waals surface area contributed by atoms with Crippen LogP contribution in [0.1, 0.15) is 73.5 Å². The summed E-state index contributed by atoms with van der Waals surface area (Å²) in [6.45, 7) is 15.3. The lowest BCUT2D eigenvalue weighted by atomic mass is 9.84. The minimum Gasteiger partial charge on any atom is -0.507 e. The average molecular weight is 825 g/mol. The van der Waals surface area contributed by atoms with E-state index >= 15 is 0 Å². The van der Waals surface area contributed by atoms with Crippen molar-refractivity contribution in [3.8, 4) is 78.6 Å². The number of imidazole rings is 1. The van der Waals surface area contributed by atoms with E-state index in [9.17, 15) is 5.11 Å². The second-order valence-corrected chi connectivity index (χ2v) is 18.9. The van der Waals surface area contributed by atoms with Gasteiger partial charge in [-0.2, -0.15) is 0 Å². The van der Waals surface area contributed by atoms with Gasteiger partial charge in [0.2, 0.25) is 0 Å². The van der Waals surface area contributed by atoms with Crippen molar-refractivity contribution in [1.82, 2.24) is 14.5 Å². The zero-order valence-corrected chi connectivity index (χ0v) is 37.4. The molecule has 0 aliphatic carbocycles. The Morgan fingerprint density at radius 3 is 1.89 bits per heavy atom. The van der Waals surface area contributed by atoms with Crippen LogP contribution in [0.25, 0.3) is 83.9 Å². The third-order valence-corrected chi connectivity index (χ3v) is 12.2. The minimum absolute atomic E-state index is 0.00783. The first-order chi connectivity index (χ1) is 31.3. The molecule has 0 aliphatic rings. The average Bonchev–Trinajstić information content (AvgIpc) is 3.69. The highest BCUT2D eigenvalue weighted by molar-refractivity contribution is 5.98. The number of phenols is 1. The van der Waals surface area contributed by atoms with E-state index in [0.29, 0.717) is 17.0 Å². The highest BCUT2D eigenvalue weighted by Gasteiger charge is 2.25. The summed E-state index contributed by atoms with van der Waals surface area (Å²) in [6.07, 6.45) is 1.81. The highest BCUT2D eigenvalue weighted by atomic mass is 16.3. The summed E-state index contributed by atoms with van der Waals surface area (Å²) in [5.41, 5.74) is 17.5. The molecule has 312 valence electrons.